The molecule has 1 atom stereocenters. The second kappa shape index (κ2) is 24.2. The van der Waals surface area contributed by atoms with Gasteiger partial charge < -0.3 is 31.9 Å². The molecule has 2 aromatic heterocycles. The largest absolute Gasteiger partial charge is 0.508 e. The smallest absolute Gasteiger partial charge is 0.414 e. The molecule has 9 aromatic rings. The van der Waals surface area contributed by atoms with Gasteiger partial charge >= 0.3 is 12.1 Å². The number of aryl methyl sites for hydroxylation is 2. The fraction of sp³-hybridized carbons (Fsp3) is 0.0952. The van der Waals surface area contributed by atoms with Crippen molar-refractivity contribution in [3.63, 3.8) is 0 Å². The molecule has 382 valence electrons. The van der Waals surface area contributed by atoms with Crippen molar-refractivity contribution in [3.05, 3.63) is 223 Å². The maximum atomic E-state index is 13.2. The molecular weight excluding hydrogens is 967 g/mol. The van der Waals surface area contributed by atoms with E-state index >= 15 is 0 Å². The molecule has 1 saturated heterocycles. The Balaban J connectivity index is 0.000000224. The van der Waals surface area contributed by atoms with Gasteiger partial charge in [0, 0.05) is 55.4 Å². The Hall–Kier alpha value is -10.2. The van der Waals surface area contributed by atoms with Gasteiger partial charge in [0.2, 0.25) is 11.8 Å². The van der Waals surface area contributed by atoms with E-state index < -0.39 is 24.1 Å². The van der Waals surface area contributed by atoms with Gasteiger partial charge in [0.05, 0.1) is 0 Å². The summed E-state index contributed by atoms with van der Waals surface area (Å²) in [5.41, 5.74) is 26.3. The Kier molecular flexibility index (Phi) is 16.3. The van der Waals surface area contributed by atoms with Crippen LogP contribution in [-0.2, 0) is 38.4 Å². The number of imide groups is 1. The van der Waals surface area contributed by atoms with Gasteiger partial charge in [-0.1, -0.05) is 133 Å². The molecule has 1 unspecified atom stereocenters. The van der Waals surface area contributed by atoms with Crippen LogP contribution in [-0.4, -0.2) is 51.0 Å². The highest BCUT2D eigenvalue weighted by atomic mass is 16.6. The van der Waals surface area contributed by atoms with Crippen molar-refractivity contribution < 1.29 is 33.8 Å². The number of phenolic OH excluding ortho intramolecular Hbond substituents is 1. The molecule has 1 aliphatic rings. The van der Waals surface area contributed by atoms with E-state index in [2.05, 4.69) is 38.1 Å². The van der Waals surface area contributed by atoms with Crippen molar-refractivity contribution in [2.24, 2.45) is 11.5 Å². The van der Waals surface area contributed by atoms with Crippen LogP contribution in [0.15, 0.2) is 207 Å². The number of ether oxygens (including phenoxy) is 1. The van der Waals surface area contributed by atoms with Crippen LogP contribution in [0.2, 0.25) is 0 Å². The van der Waals surface area contributed by atoms with Crippen LogP contribution in [0.4, 0.5) is 21.0 Å². The van der Waals surface area contributed by atoms with Crippen molar-refractivity contribution in [1.29, 1.82) is 0 Å². The molecule has 0 aliphatic carbocycles. The van der Waals surface area contributed by atoms with Crippen LogP contribution in [0.5, 0.6) is 5.75 Å². The van der Waals surface area contributed by atoms with Crippen LogP contribution in [0.3, 0.4) is 0 Å². The van der Waals surface area contributed by atoms with Crippen LogP contribution in [0, 0.1) is 0 Å². The van der Waals surface area contributed by atoms with Crippen LogP contribution in [0.1, 0.15) is 29.5 Å². The number of cyclic esters (lactones) is 1. The minimum atomic E-state index is -0.861. The number of pyridine rings is 2. The number of phenols is 1. The lowest BCUT2D eigenvalue weighted by atomic mass is 9.92. The van der Waals surface area contributed by atoms with Crippen molar-refractivity contribution in [2.75, 3.05) is 10.6 Å². The summed E-state index contributed by atoms with van der Waals surface area (Å²) in [6.45, 7) is 0. The van der Waals surface area contributed by atoms with Gasteiger partial charge in [0.1, 0.15) is 5.75 Å². The third-order valence-corrected chi connectivity index (χ3v) is 12.9. The van der Waals surface area contributed by atoms with Crippen molar-refractivity contribution >= 4 is 41.2 Å². The van der Waals surface area contributed by atoms with Crippen molar-refractivity contribution in [1.82, 2.24) is 15.3 Å². The van der Waals surface area contributed by atoms with E-state index in [1.807, 2.05) is 152 Å². The van der Waals surface area contributed by atoms with Crippen LogP contribution >= 0.6 is 0 Å². The second-order valence-electron chi connectivity index (χ2n) is 18.3. The summed E-state index contributed by atoms with van der Waals surface area (Å²) < 4.78 is 5.09. The Morgan fingerprint density at radius 1 is 0.494 bits per heavy atom. The average Bonchev–Trinajstić information content (AvgIpc) is 3.77. The van der Waals surface area contributed by atoms with Crippen molar-refractivity contribution in [3.8, 4) is 72.5 Å². The molecule has 0 bridgehead atoms. The molecular formula is C63H53N7O7. The number of alkyl carbamates (subject to hydrolysis) is 1. The van der Waals surface area contributed by atoms with Gasteiger partial charge in [0.15, 0.2) is 6.10 Å². The number of carbonyl (C=O) groups excluding carboxylic acids is 5. The van der Waals surface area contributed by atoms with E-state index in [9.17, 15) is 29.1 Å². The number of benzene rings is 7. The van der Waals surface area contributed by atoms with E-state index in [-0.39, 0.29) is 36.8 Å². The number of anilines is 2. The third kappa shape index (κ3) is 13.5. The number of hydrogen-bond donors (Lipinski definition) is 6. The van der Waals surface area contributed by atoms with E-state index in [4.69, 9.17) is 16.2 Å². The SMILES string of the molecule is NC(=O)CCc1cc(-c2cccnc2)ccc1-c1cccc(NC(=O)Nc2cccc(-c3ccc(-c4cccnc4)cc3CCC(N)=O)c2)c1.O=C1NC(=O)C(Cc2cc(-c3ccccc3)ccc2-c2cccc(O)c2)O1. The normalized spacial score (nSPS) is 12.6. The second-order valence-corrected chi connectivity index (χ2v) is 18.3. The fourth-order valence-electron chi connectivity index (χ4n) is 9.18. The predicted molar refractivity (Wildman–Crippen MR) is 299 cm³/mol. The zero-order chi connectivity index (χ0) is 53.7. The number of nitrogens with zero attached hydrogens (tertiary/aromatic N) is 2. The first-order chi connectivity index (χ1) is 37.4. The highest BCUT2D eigenvalue weighted by Crippen LogP contribution is 2.35. The molecule has 1 aliphatic heterocycles. The number of aromatic nitrogens is 2. The quantitative estimate of drug-likeness (QED) is 0.0540. The Bertz CT molecular complexity index is 3460. The maximum Gasteiger partial charge on any atom is 0.414 e. The Morgan fingerprint density at radius 2 is 0.948 bits per heavy atom. The van der Waals surface area contributed by atoms with Crippen LogP contribution in [0.25, 0.3) is 66.8 Å². The summed E-state index contributed by atoms with van der Waals surface area (Å²) in [5, 5.41) is 17.9. The van der Waals surface area contributed by atoms with E-state index in [1.165, 1.54) is 0 Å². The Labute approximate surface area is 444 Å². The van der Waals surface area contributed by atoms with Gasteiger partial charge in [-0.05, 0) is 145 Å². The summed E-state index contributed by atoms with van der Waals surface area (Å²) in [4.78, 5) is 68.3. The fourth-order valence-corrected chi connectivity index (χ4v) is 9.18. The first-order valence-corrected chi connectivity index (χ1v) is 24.8. The van der Waals surface area contributed by atoms with Gasteiger partial charge in [-0.3, -0.25) is 29.7 Å². The maximum absolute atomic E-state index is 13.2. The number of nitrogens with two attached hydrogens (primary N) is 2. The summed E-state index contributed by atoms with van der Waals surface area (Å²) in [6.07, 6.45) is 7.10. The molecule has 77 heavy (non-hydrogen) atoms. The van der Waals surface area contributed by atoms with E-state index in [0.29, 0.717) is 24.2 Å². The third-order valence-electron chi connectivity index (χ3n) is 12.9. The number of amides is 6. The highest BCUT2D eigenvalue weighted by molar-refractivity contribution is 6.01. The van der Waals surface area contributed by atoms with E-state index in [0.717, 1.165) is 83.5 Å². The summed E-state index contributed by atoms with van der Waals surface area (Å²) in [5.74, 6) is -1.02. The number of rotatable bonds is 16. The first-order valence-electron chi connectivity index (χ1n) is 24.8. The predicted octanol–water partition coefficient (Wildman–Crippen LogP) is 11.5. The molecule has 7 aromatic carbocycles. The highest BCUT2D eigenvalue weighted by Gasteiger charge is 2.33. The molecule has 8 N–H and O–H groups in total. The monoisotopic (exact) mass is 1020 g/mol. The Morgan fingerprint density at radius 3 is 1.42 bits per heavy atom. The summed E-state index contributed by atoms with van der Waals surface area (Å²) in [6, 6.07) is 57.4. The van der Waals surface area contributed by atoms with Crippen LogP contribution < -0.4 is 27.4 Å². The molecule has 14 nitrogen and oxygen atoms in total. The number of urea groups is 1. The molecule has 1 fully saturated rings. The zero-order valence-electron chi connectivity index (χ0n) is 41.7. The minimum absolute atomic E-state index is 0.163. The number of nitrogens with one attached hydrogen (secondary N) is 3. The lowest BCUT2D eigenvalue weighted by Gasteiger charge is -2.15. The molecule has 3 heterocycles. The molecule has 0 saturated carbocycles. The lowest BCUT2D eigenvalue weighted by molar-refractivity contribution is -0.123. The van der Waals surface area contributed by atoms with E-state index in [1.54, 1.807) is 43.0 Å². The molecule has 10 rings (SSSR count). The lowest BCUT2D eigenvalue weighted by Crippen LogP contribution is -2.26. The van der Waals surface area contributed by atoms with Gasteiger partial charge in [-0.15, -0.1) is 0 Å². The topological polar surface area (TPSA) is 229 Å². The number of aromatic hydroxyl groups is 1. The van der Waals surface area contributed by atoms with Gasteiger partial charge in [-0.25, -0.2) is 9.59 Å². The molecule has 0 spiro atoms. The van der Waals surface area contributed by atoms with Crippen molar-refractivity contribution in [2.45, 2.75) is 38.2 Å². The number of hydrogen-bond acceptors (Lipinski definition) is 9. The summed E-state index contributed by atoms with van der Waals surface area (Å²) in [7, 11) is 0. The molecule has 6 amide bonds. The summed E-state index contributed by atoms with van der Waals surface area (Å²) >= 11 is 0. The molecule has 0 radical (unpaired) electrons. The van der Waals surface area contributed by atoms with Gasteiger partial charge in [-0.2, -0.15) is 0 Å². The van der Waals surface area contributed by atoms with Gasteiger partial charge in [0.25, 0.3) is 5.91 Å². The number of primary amides is 2. The first kappa shape index (κ1) is 51.7. The standard InChI is InChI=1S/C41H36N6O3.C22H17NO4/c42-39(48)17-13-31-21-27(33-7-3-19-44-25-33)11-15-37(31)29-5-1-9-35(23-29)46-41(50)47-36-10-2-6-30(24-36)38-16-12-28(34-8-4-20-45-26-34)22-32(38)14-18-40(43)49;24-18-8-4-7-16(12-18)19-10-9-15(14-5-2-1-3-6-14)11-17(19)13-20-21(25)23-22(26)27-20/h1-12,15-16,19-26H,13-14,17-18H2,(H2,42,48)(H2,43,49)(H2,46,47,50);1-12,20,24H,13H2,(H,23,25,26). The zero-order valence-corrected chi connectivity index (χ0v) is 41.7. The molecule has 14 heteroatoms. The minimum Gasteiger partial charge on any atom is -0.508 e. The number of carbonyl (C=O) groups is 5. The average molecular weight is 1020 g/mol.